The standard InChI is InChI=1S/C8H6Cl2N4S/c9-4-2-1-3-5(10)6(4)12-8-13-7(11)14-15-8/h1-3H,(H3,11,12,13,14). The first-order chi connectivity index (χ1) is 7.16. The molecule has 0 bridgehead atoms. The first kappa shape index (κ1) is 10.5. The molecule has 0 unspecified atom stereocenters. The molecule has 0 saturated carbocycles. The van der Waals surface area contributed by atoms with Crippen LogP contribution < -0.4 is 11.1 Å². The van der Waals surface area contributed by atoms with Gasteiger partial charge in [-0.15, -0.1) is 0 Å². The summed E-state index contributed by atoms with van der Waals surface area (Å²) in [6, 6.07) is 5.24. The summed E-state index contributed by atoms with van der Waals surface area (Å²) in [5, 5.41) is 4.57. The van der Waals surface area contributed by atoms with Gasteiger partial charge in [-0.05, 0) is 12.1 Å². The van der Waals surface area contributed by atoms with Crippen molar-refractivity contribution in [2.24, 2.45) is 0 Å². The minimum Gasteiger partial charge on any atom is -0.367 e. The van der Waals surface area contributed by atoms with E-state index in [4.69, 9.17) is 28.9 Å². The molecule has 0 atom stereocenters. The average molecular weight is 261 g/mol. The van der Waals surface area contributed by atoms with E-state index in [2.05, 4.69) is 14.7 Å². The number of rotatable bonds is 2. The van der Waals surface area contributed by atoms with Crippen molar-refractivity contribution in [3.05, 3.63) is 28.2 Å². The van der Waals surface area contributed by atoms with E-state index >= 15 is 0 Å². The van der Waals surface area contributed by atoms with Crippen molar-refractivity contribution in [2.75, 3.05) is 11.1 Å². The molecule has 0 saturated heterocycles. The number of anilines is 3. The lowest BCUT2D eigenvalue weighted by atomic mass is 10.3. The van der Waals surface area contributed by atoms with Gasteiger partial charge in [0, 0.05) is 11.5 Å². The molecule has 0 aliphatic heterocycles. The third kappa shape index (κ3) is 2.31. The summed E-state index contributed by atoms with van der Waals surface area (Å²) in [6.07, 6.45) is 0. The Hall–Kier alpha value is -1.04. The molecule has 0 spiro atoms. The second-order valence-corrected chi connectivity index (χ2v) is 4.25. The summed E-state index contributed by atoms with van der Waals surface area (Å²) in [5.74, 6) is 0.227. The Labute approximate surface area is 100 Å². The zero-order chi connectivity index (χ0) is 10.8. The fourth-order valence-corrected chi connectivity index (χ4v) is 2.00. The van der Waals surface area contributed by atoms with Crippen LogP contribution in [0.25, 0.3) is 0 Å². The first-order valence-corrected chi connectivity index (χ1v) is 5.50. The van der Waals surface area contributed by atoms with Crippen molar-refractivity contribution in [1.29, 1.82) is 0 Å². The Kier molecular flexibility index (Phi) is 2.95. The molecule has 1 aromatic heterocycles. The van der Waals surface area contributed by atoms with Gasteiger partial charge in [-0.25, -0.2) is 0 Å². The van der Waals surface area contributed by atoms with E-state index in [1.807, 2.05) is 0 Å². The highest BCUT2D eigenvalue weighted by molar-refractivity contribution is 7.10. The Morgan fingerprint density at radius 2 is 1.93 bits per heavy atom. The van der Waals surface area contributed by atoms with Crippen LogP contribution in [0.1, 0.15) is 0 Å². The van der Waals surface area contributed by atoms with Crippen molar-refractivity contribution in [2.45, 2.75) is 0 Å². The lowest BCUT2D eigenvalue weighted by Crippen LogP contribution is -1.92. The van der Waals surface area contributed by atoms with Crippen LogP contribution in [-0.4, -0.2) is 9.36 Å². The second-order valence-electron chi connectivity index (χ2n) is 2.68. The van der Waals surface area contributed by atoms with Gasteiger partial charge in [0.1, 0.15) is 0 Å². The second kappa shape index (κ2) is 4.22. The molecule has 0 radical (unpaired) electrons. The lowest BCUT2D eigenvalue weighted by Gasteiger charge is -2.06. The number of nitrogen functional groups attached to an aromatic ring is 1. The fourth-order valence-electron chi connectivity index (χ4n) is 1.01. The zero-order valence-electron chi connectivity index (χ0n) is 7.37. The fraction of sp³-hybridized carbons (Fsp3) is 0. The predicted molar refractivity (Wildman–Crippen MR) is 64.1 cm³/mol. The normalized spacial score (nSPS) is 10.3. The topological polar surface area (TPSA) is 63.8 Å². The van der Waals surface area contributed by atoms with Gasteiger partial charge in [0.05, 0.1) is 15.7 Å². The molecule has 0 amide bonds. The summed E-state index contributed by atoms with van der Waals surface area (Å²) in [7, 11) is 0. The van der Waals surface area contributed by atoms with E-state index in [0.717, 1.165) is 11.5 Å². The number of aromatic nitrogens is 2. The van der Waals surface area contributed by atoms with E-state index in [1.54, 1.807) is 18.2 Å². The van der Waals surface area contributed by atoms with Crippen LogP contribution in [0.3, 0.4) is 0 Å². The molecule has 3 N–H and O–H groups in total. The molecule has 0 aliphatic rings. The van der Waals surface area contributed by atoms with Gasteiger partial charge < -0.3 is 11.1 Å². The first-order valence-electron chi connectivity index (χ1n) is 3.97. The number of nitrogens with one attached hydrogen (secondary N) is 1. The molecule has 15 heavy (non-hydrogen) atoms. The molecule has 1 aromatic carbocycles. The Balaban J connectivity index is 2.31. The number of hydrogen-bond acceptors (Lipinski definition) is 5. The number of halogens is 2. The highest BCUT2D eigenvalue weighted by atomic mass is 35.5. The van der Waals surface area contributed by atoms with E-state index < -0.39 is 0 Å². The van der Waals surface area contributed by atoms with Gasteiger partial charge in [-0.2, -0.15) is 9.36 Å². The summed E-state index contributed by atoms with van der Waals surface area (Å²) >= 11 is 13.1. The van der Waals surface area contributed by atoms with Crippen LogP contribution in [0, 0.1) is 0 Å². The molecular formula is C8H6Cl2N4S. The number of nitrogens with zero attached hydrogens (tertiary/aromatic N) is 2. The van der Waals surface area contributed by atoms with Crippen molar-refractivity contribution < 1.29 is 0 Å². The largest absolute Gasteiger partial charge is 0.367 e. The smallest absolute Gasteiger partial charge is 0.233 e. The van der Waals surface area contributed by atoms with Gasteiger partial charge >= 0.3 is 0 Å². The van der Waals surface area contributed by atoms with Gasteiger partial charge in [0.25, 0.3) is 0 Å². The average Bonchev–Trinajstić information content (AvgIpc) is 2.58. The SMILES string of the molecule is Nc1nsc(Nc2c(Cl)cccc2Cl)n1. The number of benzene rings is 1. The molecule has 0 fully saturated rings. The van der Waals surface area contributed by atoms with Gasteiger partial charge in [0.15, 0.2) is 0 Å². The molecule has 78 valence electrons. The molecule has 2 aromatic rings. The van der Waals surface area contributed by atoms with Gasteiger partial charge in [-0.1, -0.05) is 29.3 Å². The maximum Gasteiger partial charge on any atom is 0.233 e. The van der Waals surface area contributed by atoms with Crippen LogP contribution in [0.15, 0.2) is 18.2 Å². The molecule has 0 aliphatic carbocycles. The third-order valence-corrected chi connectivity index (χ3v) is 2.91. The summed E-state index contributed by atoms with van der Waals surface area (Å²) in [5.41, 5.74) is 6.00. The maximum atomic E-state index is 5.96. The minimum absolute atomic E-state index is 0.227. The summed E-state index contributed by atoms with van der Waals surface area (Å²) < 4.78 is 3.83. The Bertz CT molecular complexity index is 465. The molecule has 2 rings (SSSR count). The van der Waals surface area contributed by atoms with Crippen LogP contribution in [0.5, 0.6) is 0 Å². The quantitative estimate of drug-likeness (QED) is 0.871. The Morgan fingerprint density at radius 3 is 2.47 bits per heavy atom. The molecule has 7 heteroatoms. The monoisotopic (exact) mass is 260 g/mol. The van der Waals surface area contributed by atoms with E-state index in [-0.39, 0.29) is 5.95 Å². The highest BCUT2D eigenvalue weighted by Gasteiger charge is 2.07. The van der Waals surface area contributed by atoms with Crippen LogP contribution in [-0.2, 0) is 0 Å². The van der Waals surface area contributed by atoms with E-state index in [9.17, 15) is 0 Å². The van der Waals surface area contributed by atoms with E-state index in [0.29, 0.717) is 20.9 Å². The van der Waals surface area contributed by atoms with Crippen molar-refractivity contribution in [1.82, 2.24) is 9.36 Å². The van der Waals surface area contributed by atoms with Gasteiger partial charge in [0.2, 0.25) is 11.1 Å². The van der Waals surface area contributed by atoms with Crippen LogP contribution in [0.2, 0.25) is 10.0 Å². The lowest BCUT2D eigenvalue weighted by molar-refractivity contribution is 1.33. The van der Waals surface area contributed by atoms with Crippen molar-refractivity contribution in [3.63, 3.8) is 0 Å². The summed E-state index contributed by atoms with van der Waals surface area (Å²) in [6.45, 7) is 0. The van der Waals surface area contributed by atoms with E-state index in [1.165, 1.54) is 0 Å². The van der Waals surface area contributed by atoms with Gasteiger partial charge in [-0.3, -0.25) is 0 Å². The third-order valence-electron chi connectivity index (χ3n) is 1.64. The predicted octanol–water partition coefficient (Wildman–Crippen LogP) is 3.17. The zero-order valence-corrected chi connectivity index (χ0v) is 9.70. The van der Waals surface area contributed by atoms with Crippen LogP contribution in [0.4, 0.5) is 16.8 Å². The molecule has 1 heterocycles. The molecular weight excluding hydrogens is 255 g/mol. The molecule has 4 nitrogen and oxygen atoms in total. The number of para-hydroxylation sites is 1. The number of nitrogens with two attached hydrogens (primary N) is 1. The summed E-state index contributed by atoms with van der Waals surface area (Å²) in [4.78, 5) is 3.94. The maximum absolute atomic E-state index is 5.96. The van der Waals surface area contributed by atoms with Crippen molar-refractivity contribution >= 4 is 51.5 Å². The van der Waals surface area contributed by atoms with Crippen LogP contribution >= 0.6 is 34.7 Å². The van der Waals surface area contributed by atoms with Crippen molar-refractivity contribution in [3.8, 4) is 0 Å². The highest BCUT2D eigenvalue weighted by Crippen LogP contribution is 2.32. The Morgan fingerprint density at radius 1 is 1.27 bits per heavy atom. The minimum atomic E-state index is 0.227. The number of hydrogen-bond donors (Lipinski definition) is 2.